The first-order chi connectivity index (χ1) is 16.7. The fourth-order valence-electron chi connectivity index (χ4n) is 3.98. The number of rotatable bonds is 8. The van der Waals surface area contributed by atoms with Crippen LogP contribution < -0.4 is 5.32 Å². The van der Waals surface area contributed by atoms with Gasteiger partial charge in [0.25, 0.3) is 0 Å². The number of aliphatic imine (C=N–C) groups is 1. The fourth-order valence-corrected chi connectivity index (χ4v) is 5.65. The molecule has 0 saturated carbocycles. The summed E-state index contributed by atoms with van der Waals surface area (Å²) >= 11 is 0. The average molecular weight is 554 g/mol. The van der Waals surface area contributed by atoms with E-state index in [1.165, 1.54) is 12.2 Å². The Bertz CT molecular complexity index is 1310. The van der Waals surface area contributed by atoms with Crippen LogP contribution in [0.4, 0.5) is 17.6 Å². The predicted octanol–water partition coefficient (Wildman–Crippen LogP) is 3.26. The van der Waals surface area contributed by atoms with E-state index < -0.39 is 50.3 Å². The lowest BCUT2D eigenvalue weighted by Crippen LogP contribution is -2.41. The lowest BCUT2D eigenvalue weighted by atomic mass is 9.96. The number of likely N-dealkylation sites (N-methyl/N-ethyl adjacent to an activating group) is 1. The lowest BCUT2D eigenvalue weighted by molar-refractivity contribution is -0.0435. The van der Waals surface area contributed by atoms with Crippen molar-refractivity contribution in [2.45, 2.75) is 37.9 Å². The molecule has 3 rings (SSSR count). The molecule has 2 heterocycles. The Labute approximate surface area is 207 Å². The molecule has 0 amide bonds. The summed E-state index contributed by atoms with van der Waals surface area (Å²) in [7, 11) is -7.69. The van der Waals surface area contributed by atoms with Gasteiger partial charge in [-0.2, -0.15) is 13.2 Å². The molecule has 0 aromatic rings. The van der Waals surface area contributed by atoms with Crippen LogP contribution >= 0.6 is 0 Å². The van der Waals surface area contributed by atoms with E-state index in [2.05, 4.69) is 10.3 Å². The molecule has 0 saturated heterocycles. The molecule has 0 bridgehead atoms. The highest BCUT2D eigenvalue weighted by Crippen LogP contribution is 2.39. The second-order valence-electron chi connectivity index (χ2n) is 8.34. The second-order valence-corrected chi connectivity index (χ2v) is 12.4. The van der Waals surface area contributed by atoms with Gasteiger partial charge in [-0.05, 0) is 55.7 Å². The first-order valence-corrected chi connectivity index (χ1v) is 14.6. The van der Waals surface area contributed by atoms with Crippen LogP contribution in [0.3, 0.4) is 0 Å². The number of hydrogen-bond donors (Lipinski definition) is 1. The second kappa shape index (κ2) is 10.5. The highest BCUT2D eigenvalue weighted by Gasteiger charge is 2.45. The minimum absolute atomic E-state index is 0.0154. The molecule has 0 spiro atoms. The molecule has 1 N–H and O–H groups in total. The van der Waals surface area contributed by atoms with E-state index in [0.29, 0.717) is 35.4 Å². The number of halogens is 4. The smallest absolute Gasteiger partial charge is 0.464 e. The van der Waals surface area contributed by atoms with Crippen molar-refractivity contribution in [3.8, 4) is 0 Å². The van der Waals surface area contributed by atoms with Crippen LogP contribution in [-0.2, 0) is 24.6 Å². The van der Waals surface area contributed by atoms with Gasteiger partial charge in [-0.1, -0.05) is 13.0 Å². The molecule has 36 heavy (non-hydrogen) atoms. The fraction of sp³-hybridized carbons (Fsp3) is 0.500. The number of fused-ring (bicyclic) bond motifs is 1. The molecule has 14 heteroatoms. The van der Waals surface area contributed by atoms with E-state index in [1.807, 2.05) is 0 Å². The summed E-state index contributed by atoms with van der Waals surface area (Å²) in [5.74, 6) is -1.16. The van der Waals surface area contributed by atoms with Gasteiger partial charge in [0, 0.05) is 24.2 Å². The van der Waals surface area contributed by atoms with Gasteiger partial charge in [-0.3, -0.25) is 4.31 Å². The van der Waals surface area contributed by atoms with Gasteiger partial charge in [-0.25, -0.2) is 26.2 Å². The highest BCUT2D eigenvalue weighted by molar-refractivity contribution is 7.92. The summed E-state index contributed by atoms with van der Waals surface area (Å²) < 4.78 is 106. The number of sulfonamides is 1. The van der Waals surface area contributed by atoms with Gasteiger partial charge in [0.2, 0.25) is 26.1 Å². The van der Waals surface area contributed by atoms with E-state index >= 15 is 0 Å². The zero-order valence-electron chi connectivity index (χ0n) is 19.9. The molecule has 1 aliphatic carbocycles. The van der Waals surface area contributed by atoms with E-state index in [0.717, 1.165) is 16.1 Å². The number of nitrogens with one attached hydrogen (secondary N) is 1. The first-order valence-electron chi connectivity index (χ1n) is 11.1. The van der Waals surface area contributed by atoms with Gasteiger partial charge >= 0.3 is 5.51 Å². The van der Waals surface area contributed by atoms with Crippen molar-refractivity contribution in [3.05, 3.63) is 58.2 Å². The van der Waals surface area contributed by atoms with Crippen LogP contribution in [0, 0.1) is 0 Å². The number of nitrogens with zero attached hydrogens (tertiary/aromatic N) is 2. The largest absolute Gasteiger partial charge is 0.497 e. The maximum atomic E-state index is 13.5. The molecule has 0 aromatic heterocycles. The zero-order valence-corrected chi connectivity index (χ0v) is 21.5. The number of alkyl halides is 3. The normalized spacial score (nSPS) is 22.6. The number of allylic oxidation sites excluding steroid dienone is 5. The molecular weight excluding hydrogens is 526 g/mol. The van der Waals surface area contributed by atoms with Crippen LogP contribution in [0.2, 0.25) is 0 Å². The summed E-state index contributed by atoms with van der Waals surface area (Å²) in [5.41, 5.74) is -2.75. The first kappa shape index (κ1) is 28.1. The third-order valence-corrected chi connectivity index (χ3v) is 8.41. The third kappa shape index (κ3) is 5.92. The molecule has 0 aromatic carbocycles. The Balaban J connectivity index is 1.98. The Morgan fingerprint density at radius 2 is 1.92 bits per heavy atom. The van der Waals surface area contributed by atoms with Gasteiger partial charge in [-0.15, -0.1) is 0 Å². The van der Waals surface area contributed by atoms with Crippen molar-refractivity contribution in [1.29, 1.82) is 0 Å². The summed E-state index contributed by atoms with van der Waals surface area (Å²) in [6.45, 7) is 1.65. The Hall–Kier alpha value is -2.45. The summed E-state index contributed by atoms with van der Waals surface area (Å²) in [6.07, 6.45) is 6.03. The van der Waals surface area contributed by atoms with Crippen molar-refractivity contribution >= 4 is 25.7 Å². The van der Waals surface area contributed by atoms with E-state index in [9.17, 15) is 34.4 Å². The number of sulfone groups is 1. The monoisotopic (exact) mass is 553 g/mol. The molecule has 0 fully saturated rings. The molecule has 1 atom stereocenters. The maximum Gasteiger partial charge on any atom is 0.497 e. The summed E-state index contributed by atoms with van der Waals surface area (Å²) in [5, 5.41) is 3.05. The van der Waals surface area contributed by atoms with Crippen molar-refractivity contribution < 1.29 is 39.1 Å². The van der Waals surface area contributed by atoms with Crippen LogP contribution in [0.25, 0.3) is 0 Å². The Morgan fingerprint density at radius 3 is 2.44 bits per heavy atom. The Morgan fingerprint density at radius 1 is 1.22 bits per heavy atom. The van der Waals surface area contributed by atoms with Crippen LogP contribution in [0.1, 0.15) is 26.2 Å². The van der Waals surface area contributed by atoms with Crippen molar-refractivity contribution in [2.24, 2.45) is 4.99 Å². The number of amidine groups is 1. The maximum absolute atomic E-state index is 13.5. The highest BCUT2D eigenvalue weighted by atomic mass is 32.2. The lowest BCUT2D eigenvalue weighted by Gasteiger charge is -2.29. The molecule has 200 valence electrons. The van der Waals surface area contributed by atoms with Crippen molar-refractivity contribution in [3.63, 3.8) is 0 Å². The predicted molar refractivity (Wildman–Crippen MR) is 128 cm³/mol. The third-order valence-electron chi connectivity index (χ3n) is 5.72. The van der Waals surface area contributed by atoms with Crippen LogP contribution in [-0.4, -0.2) is 70.9 Å². The number of ether oxygens (including phenoxy) is 1. The van der Waals surface area contributed by atoms with Crippen molar-refractivity contribution in [2.75, 3.05) is 32.1 Å². The molecule has 2 aliphatic heterocycles. The van der Waals surface area contributed by atoms with Crippen LogP contribution in [0.5, 0.6) is 0 Å². The standard InChI is InChI=1S/C22H27F4N3O5S2/c1-4-14-12-17-18(13-27-2)19(15-6-8-16(23)9-7-15)34-21(17)28-20(14)29(35(3,30)31)10-5-11-36(32,33)22(24,25)26/h6,8-9,12,21,27H,4-5,7,10-11,13H2,1-3H3. The molecule has 8 nitrogen and oxygen atoms in total. The molecule has 3 aliphatic rings. The Kier molecular flexibility index (Phi) is 8.20. The topological polar surface area (TPSA) is 105 Å². The quantitative estimate of drug-likeness (QED) is 0.463. The van der Waals surface area contributed by atoms with E-state index in [4.69, 9.17) is 4.74 Å². The minimum Gasteiger partial charge on any atom is -0.464 e. The van der Waals surface area contributed by atoms with Gasteiger partial charge in [0.15, 0.2) is 0 Å². The SMILES string of the molecule is CCC1=CC2=C(CNC)C(=C3C=CC(F)=CC3)OC2N=C1N(CCCS(=O)(=O)C(F)(F)F)S(C)(=O)=O. The van der Waals surface area contributed by atoms with E-state index in [1.54, 1.807) is 26.1 Å². The van der Waals surface area contributed by atoms with E-state index in [-0.39, 0.29) is 18.1 Å². The zero-order chi connectivity index (χ0) is 26.9. The van der Waals surface area contributed by atoms with Crippen LogP contribution in [0.15, 0.2) is 63.2 Å². The number of hydrogen-bond acceptors (Lipinski definition) is 7. The van der Waals surface area contributed by atoms with Gasteiger partial charge in [0.1, 0.15) is 17.4 Å². The molecular formula is C22H27F4N3O5S2. The summed E-state index contributed by atoms with van der Waals surface area (Å²) in [6, 6.07) is 0. The minimum atomic E-state index is -5.42. The summed E-state index contributed by atoms with van der Waals surface area (Å²) in [4.78, 5) is 4.49. The van der Waals surface area contributed by atoms with Crippen molar-refractivity contribution in [1.82, 2.24) is 9.62 Å². The van der Waals surface area contributed by atoms with Gasteiger partial charge < -0.3 is 10.1 Å². The van der Waals surface area contributed by atoms with Gasteiger partial charge in [0.05, 0.1) is 12.0 Å². The average Bonchev–Trinajstić information content (AvgIpc) is 3.12. The molecule has 1 unspecified atom stereocenters. The molecule has 0 radical (unpaired) electrons. The number of dihydropyridines is 1.